The second-order valence-electron chi connectivity index (χ2n) is 7.62. The van der Waals surface area contributed by atoms with Crippen molar-refractivity contribution in [1.29, 1.82) is 0 Å². The van der Waals surface area contributed by atoms with Crippen molar-refractivity contribution in [3.8, 4) is 0 Å². The van der Waals surface area contributed by atoms with Gasteiger partial charge in [0.2, 0.25) is 5.91 Å². The van der Waals surface area contributed by atoms with E-state index in [4.69, 9.17) is 4.74 Å². The Labute approximate surface area is 148 Å². The molecule has 0 aliphatic carbocycles. The molecule has 2 aliphatic heterocycles. The highest BCUT2D eigenvalue weighted by Gasteiger charge is 2.29. The molecule has 4 heteroatoms. The quantitative estimate of drug-likeness (QED) is 0.601. The molecule has 2 rings (SSSR count). The maximum atomic E-state index is 12.9. The predicted molar refractivity (Wildman–Crippen MR) is 99.2 cm³/mol. The summed E-state index contributed by atoms with van der Waals surface area (Å²) in [7, 11) is 0. The third-order valence-corrected chi connectivity index (χ3v) is 5.78. The lowest BCUT2D eigenvalue weighted by molar-refractivity contribution is -0.136. The van der Waals surface area contributed by atoms with Gasteiger partial charge in [-0.05, 0) is 31.6 Å². The summed E-state index contributed by atoms with van der Waals surface area (Å²) in [6.07, 6.45) is 10.6. The maximum Gasteiger partial charge on any atom is 0.223 e. The van der Waals surface area contributed by atoms with Gasteiger partial charge in [-0.25, -0.2) is 0 Å². The first-order chi connectivity index (χ1) is 11.7. The zero-order chi connectivity index (χ0) is 17.2. The molecule has 0 aromatic carbocycles. The Morgan fingerprint density at radius 1 is 1.12 bits per heavy atom. The zero-order valence-electron chi connectivity index (χ0n) is 16.0. The molecule has 0 N–H and O–H groups in total. The summed E-state index contributed by atoms with van der Waals surface area (Å²) in [5.41, 5.74) is 0. The number of carbonyl (C=O) groups excluding carboxylic acids is 1. The third kappa shape index (κ3) is 6.36. The summed E-state index contributed by atoms with van der Waals surface area (Å²) in [6, 6.07) is 0.428. The van der Waals surface area contributed by atoms with Crippen LogP contribution in [0, 0.1) is 5.92 Å². The van der Waals surface area contributed by atoms with Crippen LogP contribution in [0.2, 0.25) is 0 Å². The van der Waals surface area contributed by atoms with E-state index in [1.54, 1.807) is 0 Å². The van der Waals surface area contributed by atoms with Crippen LogP contribution in [-0.2, 0) is 9.53 Å². The van der Waals surface area contributed by atoms with E-state index in [9.17, 15) is 4.79 Å². The minimum Gasteiger partial charge on any atom is -0.379 e. The minimum absolute atomic E-state index is 0.413. The second kappa shape index (κ2) is 11.1. The molecule has 2 aliphatic rings. The molecule has 2 atom stereocenters. The monoisotopic (exact) mass is 338 g/mol. The molecular weight excluding hydrogens is 300 g/mol. The van der Waals surface area contributed by atoms with Crippen LogP contribution in [0.5, 0.6) is 0 Å². The molecule has 2 saturated heterocycles. The van der Waals surface area contributed by atoms with Gasteiger partial charge in [-0.15, -0.1) is 0 Å². The summed E-state index contributed by atoms with van der Waals surface area (Å²) in [4.78, 5) is 17.6. The molecule has 0 aromatic rings. The molecule has 0 spiro atoms. The van der Waals surface area contributed by atoms with Crippen molar-refractivity contribution < 1.29 is 9.53 Å². The number of hydrogen-bond acceptors (Lipinski definition) is 3. The summed E-state index contributed by atoms with van der Waals surface area (Å²) >= 11 is 0. The van der Waals surface area contributed by atoms with Crippen molar-refractivity contribution in [2.24, 2.45) is 5.92 Å². The number of morpholine rings is 1. The topological polar surface area (TPSA) is 32.8 Å². The van der Waals surface area contributed by atoms with Crippen molar-refractivity contribution >= 4 is 5.91 Å². The number of amides is 1. The van der Waals surface area contributed by atoms with Crippen molar-refractivity contribution in [2.75, 3.05) is 39.4 Å². The molecule has 0 saturated carbocycles. The SMILES string of the molecule is CCCCCC(CC)CC(=O)N1CCCCC1CN1CCOCC1. The van der Waals surface area contributed by atoms with E-state index in [0.29, 0.717) is 17.9 Å². The lowest BCUT2D eigenvalue weighted by atomic mass is 9.93. The Morgan fingerprint density at radius 2 is 1.92 bits per heavy atom. The standard InChI is InChI=1S/C20H38N2O2/c1-3-5-6-9-18(4-2)16-20(23)22-11-8-7-10-19(22)17-21-12-14-24-15-13-21/h18-19H,3-17H2,1-2H3. The van der Waals surface area contributed by atoms with Gasteiger partial charge in [0.1, 0.15) is 0 Å². The highest BCUT2D eigenvalue weighted by molar-refractivity contribution is 5.77. The van der Waals surface area contributed by atoms with Crippen LogP contribution >= 0.6 is 0 Å². The molecular formula is C20H38N2O2. The largest absolute Gasteiger partial charge is 0.379 e. The fraction of sp³-hybridized carbons (Fsp3) is 0.950. The predicted octanol–water partition coefficient (Wildman–Crippen LogP) is 3.70. The molecule has 2 unspecified atom stereocenters. The van der Waals surface area contributed by atoms with Gasteiger partial charge >= 0.3 is 0 Å². The Hall–Kier alpha value is -0.610. The molecule has 0 aromatic heterocycles. The molecule has 0 bridgehead atoms. The van der Waals surface area contributed by atoms with E-state index >= 15 is 0 Å². The zero-order valence-corrected chi connectivity index (χ0v) is 16.0. The summed E-state index contributed by atoms with van der Waals surface area (Å²) in [6.45, 7) is 10.2. The Balaban J connectivity index is 1.84. The number of nitrogens with zero attached hydrogens (tertiary/aromatic N) is 2. The number of unbranched alkanes of at least 4 members (excludes halogenated alkanes) is 2. The van der Waals surface area contributed by atoms with Gasteiger partial charge in [0, 0.05) is 38.6 Å². The summed E-state index contributed by atoms with van der Waals surface area (Å²) in [5.74, 6) is 0.992. The maximum absolute atomic E-state index is 12.9. The fourth-order valence-electron chi connectivity index (χ4n) is 4.10. The van der Waals surface area contributed by atoms with Gasteiger partial charge in [0.25, 0.3) is 0 Å². The van der Waals surface area contributed by atoms with Crippen molar-refractivity contribution in [1.82, 2.24) is 9.80 Å². The van der Waals surface area contributed by atoms with Crippen molar-refractivity contribution in [3.05, 3.63) is 0 Å². The molecule has 24 heavy (non-hydrogen) atoms. The highest BCUT2D eigenvalue weighted by Crippen LogP contribution is 2.23. The summed E-state index contributed by atoms with van der Waals surface area (Å²) < 4.78 is 5.45. The lowest BCUT2D eigenvalue weighted by Crippen LogP contribution is -2.51. The van der Waals surface area contributed by atoms with E-state index in [2.05, 4.69) is 23.6 Å². The molecule has 4 nitrogen and oxygen atoms in total. The first-order valence-corrected chi connectivity index (χ1v) is 10.3. The Bertz CT molecular complexity index is 356. The third-order valence-electron chi connectivity index (χ3n) is 5.78. The average molecular weight is 339 g/mol. The fourth-order valence-corrected chi connectivity index (χ4v) is 4.10. The molecule has 1 amide bonds. The van der Waals surface area contributed by atoms with E-state index in [-0.39, 0.29) is 0 Å². The highest BCUT2D eigenvalue weighted by atomic mass is 16.5. The van der Waals surface area contributed by atoms with E-state index < -0.39 is 0 Å². The number of rotatable bonds is 9. The second-order valence-corrected chi connectivity index (χ2v) is 7.62. The van der Waals surface area contributed by atoms with Crippen molar-refractivity contribution in [3.63, 3.8) is 0 Å². The van der Waals surface area contributed by atoms with Gasteiger partial charge in [0.05, 0.1) is 13.2 Å². The van der Waals surface area contributed by atoms with Crippen LogP contribution in [0.25, 0.3) is 0 Å². The number of ether oxygens (including phenoxy) is 1. The van der Waals surface area contributed by atoms with Crippen molar-refractivity contribution in [2.45, 2.75) is 77.7 Å². The van der Waals surface area contributed by atoms with Gasteiger partial charge in [-0.1, -0.05) is 39.5 Å². The first kappa shape index (κ1) is 19.7. The van der Waals surface area contributed by atoms with Gasteiger partial charge in [0.15, 0.2) is 0 Å². The normalized spacial score (nSPS) is 24.1. The van der Waals surface area contributed by atoms with E-state index in [1.165, 1.54) is 44.9 Å². The number of likely N-dealkylation sites (tertiary alicyclic amines) is 1. The first-order valence-electron chi connectivity index (χ1n) is 10.3. The van der Waals surface area contributed by atoms with Gasteiger partial charge < -0.3 is 9.64 Å². The average Bonchev–Trinajstić information content (AvgIpc) is 2.62. The Morgan fingerprint density at radius 3 is 2.62 bits per heavy atom. The van der Waals surface area contributed by atoms with Crippen LogP contribution in [0.15, 0.2) is 0 Å². The number of hydrogen-bond donors (Lipinski definition) is 0. The lowest BCUT2D eigenvalue weighted by Gasteiger charge is -2.40. The number of carbonyl (C=O) groups is 1. The summed E-state index contributed by atoms with van der Waals surface area (Å²) in [5, 5.41) is 0. The van der Waals surface area contributed by atoms with Crippen LogP contribution in [0.4, 0.5) is 0 Å². The van der Waals surface area contributed by atoms with Crippen LogP contribution in [0.1, 0.15) is 71.6 Å². The van der Waals surface area contributed by atoms with Crippen LogP contribution in [0.3, 0.4) is 0 Å². The van der Waals surface area contributed by atoms with E-state index in [0.717, 1.165) is 52.2 Å². The molecule has 140 valence electrons. The van der Waals surface area contributed by atoms with Crippen LogP contribution in [-0.4, -0.2) is 61.1 Å². The van der Waals surface area contributed by atoms with E-state index in [1.807, 2.05) is 0 Å². The molecule has 2 fully saturated rings. The minimum atomic E-state index is 0.413. The van der Waals surface area contributed by atoms with Gasteiger partial charge in [-0.2, -0.15) is 0 Å². The number of piperidine rings is 1. The van der Waals surface area contributed by atoms with Crippen LogP contribution < -0.4 is 0 Å². The smallest absolute Gasteiger partial charge is 0.223 e. The molecule has 0 radical (unpaired) electrons. The van der Waals surface area contributed by atoms with Gasteiger partial charge in [-0.3, -0.25) is 9.69 Å². The Kier molecular flexibility index (Phi) is 9.11. The molecule has 2 heterocycles.